The number of pyridine rings is 1. The third-order valence-electron chi connectivity index (χ3n) is 5.10. The Morgan fingerprint density at radius 2 is 1.92 bits per heavy atom. The van der Waals surface area contributed by atoms with Gasteiger partial charge in [0.1, 0.15) is 0 Å². The summed E-state index contributed by atoms with van der Waals surface area (Å²) in [6.07, 6.45) is 6.49. The van der Waals surface area contributed by atoms with Gasteiger partial charge in [0.2, 0.25) is 0 Å². The summed E-state index contributed by atoms with van der Waals surface area (Å²) in [5, 5.41) is 6.42. The number of aromatic nitrogens is 1. The molecule has 1 aromatic carbocycles. The minimum atomic E-state index is -0.237. The minimum absolute atomic E-state index is 0.0248. The van der Waals surface area contributed by atoms with Crippen LogP contribution in [-0.4, -0.2) is 46.9 Å². The van der Waals surface area contributed by atoms with Crippen molar-refractivity contribution in [1.29, 1.82) is 0 Å². The fourth-order valence-corrected chi connectivity index (χ4v) is 3.74. The molecule has 2 aromatic rings. The maximum Gasteiger partial charge on any atom is 0.257 e. The molecule has 0 aliphatic carbocycles. The van der Waals surface area contributed by atoms with Crippen LogP contribution in [0, 0.1) is 0 Å². The fourth-order valence-electron chi connectivity index (χ4n) is 3.74. The summed E-state index contributed by atoms with van der Waals surface area (Å²) in [4.78, 5) is 31.1. The molecule has 2 fully saturated rings. The average Bonchev–Trinajstić information content (AvgIpc) is 3.01. The Hall–Kier alpha value is -2.73. The van der Waals surface area contributed by atoms with Crippen molar-refractivity contribution in [3.05, 3.63) is 59.9 Å². The number of benzene rings is 1. The molecule has 2 bridgehead atoms. The van der Waals surface area contributed by atoms with Crippen LogP contribution in [-0.2, 0) is 0 Å². The Labute approximate surface area is 152 Å². The molecule has 2 atom stereocenters. The summed E-state index contributed by atoms with van der Waals surface area (Å²) < 4.78 is 0. The quantitative estimate of drug-likeness (QED) is 0.891. The van der Waals surface area contributed by atoms with Crippen LogP contribution < -0.4 is 10.6 Å². The van der Waals surface area contributed by atoms with E-state index in [1.807, 2.05) is 4.90 Å². The van der Waals surface area contributed by atoms with Crippen LogP contribution in [0.25, 0.3) is 0 Å². The van der Waals surface area contributed by atoms with Gasteiger partial charge >= 0.3 is 0 Å². The highest BCUT2D eigenvalue weighted by atomic mass is 16.2. The maximum absolute atomic E-state index is 12.9. The van der Waals surface area contributed by atoms with Crippen LogP contribution in [0.1, 0.15) is 40.0 Å². The number of hydrogen-bond acceptors (Lipinski definition) is 4. The zero-order valence-corrected chi connectivity index (χ0v) is 14.5. The highest BCUT2D eigenvalue weighted by Gasteiger charge is 2.31. The lowest BCUT2D eigenvalue weighted by Gasteiger charge is -2.24. The van der Waals surface area contributed by atoms with E-state index >= 15 is 0 Å². The van der Waals surface area contributed by atoms with Gasteiger partial charge in [-0.15, -0.1) is 0 Å². The van der Waals surface area contributed by atoms with E-state index in [0.717, 1.165) is 25.9 Å². The third-order valence-corrected chi connectivity index (χ3v) is 5.10. The third kappa shape index (κ3) is 3.60. The van der Waals surface area contributed by atoms with Gasteiger partial charge in [0, 0.05) is 48.8 Å². The molecule has 2 aliphatic rings. The molecular weight excluding hydrogens is 328 g/mol. The second-order valence-electron chi connectivity index (χ2n) is 6.95. The van der Waals surface area contributed by atoms with Gasteiger partial charge in [-0.2, -0.15) is 0 Å². The molecule has 2 aliphatic heterocycles. The van der Waals surface area contributed by atoms with Gasteiger partial charge in [0.05, 0.1) is 5.56 Å². The Morgan fingerprint density at radius 1 is 1.08 bits per heavy atom. The Balaban J connectivity index is 1.46. The first-order valence-corrected chi connectivity index (χ1v) is 9.06. The second kappa shape index (κ2) is 7.25. The zero-order chi connectivity index (χ0) is 17.9. The molecule has 1 aromatic heterocycles. The van der Waals surface area contributed by atoms with Crippen LogP contribution in [0.4, 0.5) is 5.69 Å². The summed E-state index contributed by atoms with van der Waals surface area (Å²) >= 11 is 0. The number of fused-ring (bicyclic) bond motifs is 2. The zero-order valence-electron chi connectivity index (χ0n) is 14.5. The topological polar surface area (TPSA) is 74.3 Å². The van der Waals surface area contributed by atoms with Crippen LogP contribution >= 0.6 is 0 Å². The summed E-state index contributed by atoms with van der Waals surface area (Å²) in [5.41, 5.74) is 1.70. The normalized spacial score (nSPS) is 21.9. The molecule has 0 radical (unpaired) electrons. The molecular formula is C20H22N4O2. The largest absolute Gasteiger partial charge is 0.337 e. The molecule has 2 saturated heterocycles. The molecule has 0 spiro atoms. The SMILES string of the molecule is O=C(Nc1cccc(C(=O)N2CCC3CCC(C2)N3)c1)c1cccnc1. The fraction of sp³-hybridized carbons (Fsp3) is 0.350. The first kappa shape index (κ1) is 16.7. The van der Waals surface area contributed by atoms with E-state index in [4.69, 9.17) is 0 Å². The van der Waals surface area contributed by atoms with E-state index in [1.165, 1.54) is 12.6 Å². The number of carbonyl (C=O) groups excluding carboxylic acids is 2. The number of nitrogens with zero attached hydrogens (tertiary/aromatic N) is 2. The van der Waals surface area contributed by atoms with Crippen molar-refractivity contribution in [2.24, 2.45) is 0 Å². The number of rotatable bonds is 3. The number of anilines is 1. The van der Waals surface area contributed by atoms with Gasteiger partial charge in [-0.3, -0.25) is 14.6 Å². The number of amides is 2. The molecule has 2 N–H and O–H groups in total. The van der Waals surface area contributed by atoms with Crippen molar-refractivity contribution in [2.75, 3.05) is 18.4 Å². The summed E-state index contributed by atoms with van der Waals surface area (Å²) in [7, 11) is 0. The second-order valence-corrected chi connectivity index (χ2v) is 6.95. The first-order valence-electron chi connectivity index (χ1n) is 9.06. The standard InChI is InChI=1S/C20H22N4O2/c25-19(15-4-2-9-21-12-15)23-17-5-1-3-14(11-17)20(26)24-10-8-16-6-7-18(13-24)22-16/h1-5,9,11-12,16,18,22H,6-8,10,13H2,(H,23,25). The van der Waals surface area contributed by atoms with Crippen LogP contribution in [0.3, 0.4) is 0 Å². The Morgan fingerprint density at radius 3 is 2.77 bits per heavy atom. The van der Waals surface area contributed by atoms with Crippen molar-refractivity contribution in [1.82, 2.24) is 15.2 Å². The van der Waals surface area contributed by atoms with Gasteiger partial charge < -0.3 is 15.5 Å². The van der Waals surface area contributed by atoms with Gasteiger partial charge in [-0.1, -0.05) is 6.07 Å². The highest BCUT2D eigenvalue weighted by molar-refractivity contribution is 6.04. The smallest absolute Gasteiger partial charge is 0.257 e. The summed E-state index contributed by atoms with van der Waals surface area (Å²) in [5.74, 6) is -0.212. The van der Waals surface area contributed by atoms with E-state index in [0.29, 0.717) is 28.9 Å². The van der Waals surface area contributed by atoms with Crippen molar-refractivity contribution in [3.63, 3.8) is 0 Å². The number of carbonyl (C=O) groups is 2. The molecule has 134 valence electrons. The lowest BCUT2D eigenvalue weighted by atomic mass is 10.1. The van der Waals surface area contributed by atoms with Crippen molar-refractivity contribution in [2.45, 2.75) is 31.3 Å². The molecule has 4 rings (SSSR count). The lowest BCUT2D eigenvalue weighted by molar-refractivity contribution is 0.0748. The van der Waals surface area contributed by atoms with Crippen LogP contribution in [0.2, 0.25) is 0 Å². The van der Waals surface area contributed by atoms with E-state index < -0.39 is 0 Å². The van der Waals surface area contributed by atoms with Crippen molar-refractivity contribution >= 4 is 17.5 Å². The molecule has 0 saturated carbocycles. The van der Waals surface area contributed by atoms with Crippen LogP contribution in [0.15, 0.2) is 48.8 Å². The number of nitrogens with one attached hydrogen (secondary N) is 2. The Bertz CT molecular complexity index is 808. The first-order chi connectivity index (χ1) is 12.7. The van der Waals surface area contributed by atoms with E-state index in [2.05, 4.69) is 15.6 Å². The van der Waals surface area contributed by atoms with E-state index in [9.17, 15) is 9.59 Å². The highest BCUT2D eigenvalue weighted by Crippen LogP contribution is 2.22. The van der Waals surface area contributed by atoms with Gasteiger partial charge in [0.15, 0.2) is 0 Å². The van der Waals surface area contributed by atoms with Crippen LogP contribution in [0.5, 0.6) is 0 Å². The lowest BCUT2D eigenvalue weighted by Crippen LogP contribution is -2.39. The number of likely N-dealkylation sites (tertiary alicyclic amines) is 1. The van der Waals surface area contributed by atoms with Gasteiger partial charge in [0.25, 0.3) is 11.8 Å². The average molecular weight is 350 g/mol. The molecule has 26 heavy (non-hydrogen) atoms. The molecule has 2 amide bonds. The van der Waals surface area contributed by atoms with E-state index in [1.54, 1.807) is 42.6 Å². The molecule has 6 nitrogen and oxygen atoms in total. The Kier molecular flexibility index (Phi) is 4.67. The summed E-state index contributed by atoms with van der Waals surface area (Å²) in [6, 6.07) is 11.5. The van der Waals surface area contributed by atoms with E-state index in [-0.39, 0.29) is 11.8 Å². The summed E-state index contributed by atoms with van der Waals surface area (Å²) in [6.45, 7) is 1.53. The molecule has 6 heteroatoms. The maximum atomic E-state index is 12.9. The minimum Gasteiger partial charge on any atom is -0.337 e. The van der Waals surface area contributed by atoms with Crippen molar-refractivity contribution < 1.29 is 9.59 Å². The molecule has 2 unspecified atom stereocenters. The van der Waals surface area contributed by atoms with Gasteiger partial charge in [-0.05, 0) is 49.6 Å². The predicted octanol–water partition coefficient (Wildman–Crippen LogP) is 2.30. The molecule has 3 heterocycles. The predicted molar refractivity (Wildman–Crippen MR) is 99.1 cm³/mol. The monoisotopic (exact) mass is 350 g/mol. The van der Waals surface area contributed by atoms with Crippen molar-refractivity contribution in [3.8, 4) is 0 Å². The van der Waals surface area contributed by atoms with Gasteiger partial charge in [-0.25, -0.2) is 0 Å². The number of hydrogen-bond donors (Lipinski definition) is 2.